The van der Waals surface area contributed by atoms with E-state index in [1.54, 1.807) is 0 Å². The van der Waals surface area contributed by atoms with Crippen LogP contribution in [-0.2, 0) is 0 Å². The van der Waals surface area contributed by atoms with E-state index in [1.807, 2.05) is 42.5 Å². The van der Waals surface area contributed by atoms with Gasteiger partial charge in [0.15, 0.2) is 0 Å². The standard InChI is InChI=1S/C35H24N4/c1-4-13-24(14-5-1)28-20-12-21-29(33(28)31-23-27-19-10-11-22-30(27)36-31)35-32(25-15-6-2-7-16-25)34(37-39-38-35)26-17-8-3-9-18-26/h1-23,36H. The summed E-state index contributed by atoms with van der Waals surface area (Å²) in [6.45, 7) is 0. The number of nitrogens with one attached hydrogen (secondary N) is 1. The molecule has 4 nitrogen and oxygen atoms in total. The normalized spacial score (nSPS) is 11.1. The molecule has 0 amide bonds. The molecule has 2 aromatic heterocycles. The summed E-state index contributed by atoms with van der Waals surface area (Å²) in [5.41, 5.74) is 11.1. The molecule has 4 heteroatoms. The van der Waals surface area contributed by atoms with Crippen molar-refractivity contribution in [2.45, 2.75) is 0 Å². The van der Waals surface area contributed by atoms with E-state index in [0.717, 1.165) is 66.9 Å². The minimum Gasteiger partial charge on any atom is -0.354 e. The third kappa shape index (κ3) is 4.18. The molecular formula is C35H24N4. The van der Waals surface area contributed by atoms with Gasteiger partial charge in [-0.3, -0.25) is 0 Å². The molecule has 0 radical (unpaired) electrons. The molecule has 7 rings (SSSR count). The molecule has 184 valence electrons. The van der Waals surface area contributed by atoms with Crippen LogP contribution in [0.4, 0.5) is 0 Å². The van der Waals surface area contributed by atoms with Crippen molar-refractivity contribution in [3.05, 3.63) is 140 Å². The van der Waals surface area contributed by atoms with E-state index in [9.17, 15) is 0 Å². The summed E-state index contributed by atoms with van der Waals surface area (Å²) in [5.74, 6) is 0. The number of benzene rings is 5. The molecule has 0 aliphatic rings. The first-order chi connectivity index (χ1) is 19.4. The Kier molecular flexibility index (Phi) is 5.76. The van der Waals surface area contributed by atoms with E-state index >= 15 is 0 Å². The fourth-order valence-corrected chi connectivity index (χ4v) is 5.29. The first kappa shape index (κ1) is 22.8. The highest BCUT2D eigenvalue weighted by molar-refractivity contribution is 6.01. The largest absolute Gasteiger partial charge is 0.354 e. The molecular weight excluding hydrogens is 476 g/mol. The fraction of sp³-hybridized carbons (Fsp3) is 0. The van der Waals surface area contributed by atoms with Crippen molar-refractivity contribution < 1.29 is 0 Å². The third-order valence-corrected chi connectivity index (χ3v) is 7.08. The Hall–Kier alpha value is -5.35. The van der Waals surface area contributed by atoms with Crippen molar-refractivity contribution in [2.75, 3.05) is 0 Å². The van der Waals surface area contributed by atoms with Gasteiger partial charge in [0.05, 0.1) is 0 Å². The Balaban J connectivity index is 1.57. The van der Waals surface area contributed by atoms with Crippen LogP contribution >= 0.6 is 0 Å². The Morgan fingerprint density at radius 2 is 1.03 bits per heavy atom. The lowest BCUT2D eigenvalue weighted by Crippen LogP contribution is -2.02. The van der Waals surface area contributed by atoms with E-state index in [-0.39, 0.29) is 0 Å². The number of rotatable bonds is 5. The quantitative estimate of drug-likeness (QED) is 0.257. The Morgan fingerprint density at radius 3 is 1.74 bits per heavy atom. The summed E-state index contributed by atoms with van der Waals surface area (Å²) in [7, 11) is 0. The van der Waals surface area contributed by atoms with Gasteiger partial charge in [0.25, 0.3) is 0 Å². The lowest BCUT2D eigenvalue weighted by atomic mass is 9.88. The number of aromatic amines is 1. The molecule has 0 saturated heterocycles. The number of hydrogen-bond donors (Lipinski definition) is 1. The highest BCUT2D eigenvalue weighted by Crippen LogP contribution is 2.44. The van der Waals surface area contributed by atoms with Gasteiger partial charge in [-0.15, -0.1) is 10.2 Å². The molecule has 5 aromatic carbocycles. The average Bonchev–Trinajstić information content (AvgIpc) is 3.46. The van der Waals surface area contributed by atoms with Crippen molar-refractivity contribution >= 4 is 10.9 Å². The maximum absolute atomic E-state index is 4.71. The number of hydrogen-bond acceptors (Lipinski definition) is 3. The van der Waals surface area contributed by atoms with Crippen LogP contribution in [0.5, 0.6) is 0 Å². The summed E-state index contributed by atoms with van der Waals surface area (Å²) in [6, 6.07) is 48.0. The van der Waals surface area contributed by atoms with E-state index in [4.69, 9.17) is 5.10 Å². The Labute approximate surface area is 226 Å². The maximum atomic E-state index is 4.71. The summed E-state index contributed by atoms with van der Waals surface area (Å²) < 4.78 is 0. The highest BCUT2D eigenvalue weighted by Gasteiger charge is 2.23. The molecule has 1 N–H and O–H groups in total. The van der Waals surface area contributed by atoms with Crippen LogP contribution in [0, 0.1) is 0 Å². The predicted molar refractivity (Wildman–Crippen MR) is 159 cm³/mol. The molecule has 39 heavy (non-hydrogen) atoms. The molecule has 0 unspecified atom stereocenters. The van der Waals surface area contributed by atoms with E-state index < -0.39 is 0 Å². The number of aromatic nitrogens is 4. The summed E-state index contributed by atoms with van der Waals surface area (Å²) in [5, 5.41) is 14.7. The lowest BCUT2D eigenvalue weighted by molar-refractivity contribution is 0.879. The van der Waals surface area contributed by atoms with Gasteiger partial charge in [0.1, 0.15) is 11.4 Å². The molecule has 0 bridgehead atoms. The summed E-state index contributed by atoms with van der Waals surface area (Å²) in [6.07, 6.45) is 0. The topological polar surface area (TPSA) is 54.5 Å². The van der Waals surface area contributed by atoms with Crippen LogP contribution in [0.3, 0.4) is 0 Å². The van der Waals surface area contributed by atoms with Gasteiger partial charge >= 0.3 is 0 Å². The second kappa shape index (κ2) is 9.84. The Morgan fingerprint density at radius 1 is 0.436 bits per heavy atom. The average molecular weight is 501 g/mol. The molecule has 0 spiro atoms. The van der Waals surface area contributed by atoms with Crippen LogP contribution in [-0.4, -0.2) is 20.4 Å². The molecule has 0 atom stereocenters. The van der Waals surface area contributed by atoms with Gasteiger partial charge < -0.3 is 4.98 Å². The minimum atomic E-state index is 0.793. The van der Waals surface area contributed by atoms with E-state index in [2.05, 4.69) is 112 Å². The smallest absolute Gasteiger partial charge is 0.105 e. The lowest BCUT2D eigenvalue weighted by Gasteiger charge is -2.18. The van der Waals surface area contributed by atoms with Crippen LogP contribution in [0.15, 0.2) is 140 Å². The van der Waals surface area contributed by atoms with Gasteiger partial charge in [0, 0.05) is 38.9 Å². The number of para-hydroxylation sites is 1. The molecule has 0 saturated carbocycles. The van der Waals surface area contributed by atoms with Gasteiger partial charge in [-0.05, 0) is 34.0 Å². The second-order valence-electron chi connectivity index (χ2n) is 9.46. The molecule has 0 aliphatic heterocycles. The molecule has 7 aromatic rings. The number of fused-ring (bicyclic) bond motifs is 1. The molecule has 0 aliphatic carbocycles. The van der Waals surface area contributed by atoms with Crippen molar-refractivity contribution in [2.24, 2.45) is 0 Å². The number of nitrogens with zero attached hydrogens (tertiary/aromatic N) is 3. The zero-order valence-corrected chi connectivity index (χ0v) is 21.1. The fourth-order valence-electron chi connectivity index (χ4n) is 5.29. The van der Waals surface area contributed by atoms with E-state index in [1.165, 1.54) is 0 Å². The summed E-state index contributed by atoms with van der Waals surface area (Å²) in [4.78, 5) is 3.67. The van der Waals surface area contributed by atoms with Crippen LogP contribution < -0.4 is 0 Å². The van der Waals surface area contributed by atoms with Crippen molar-refractivity contribution in [3.63, 3.8) is 0 Å². The van der Waals surface area contributed by atoms with Crippen LogP contribution in [0.25, 0.3) is 66.9 Å². The first-order valence-electron chi connectivity index (χ1n) is 13.0. The van der Waals surface area contributed by atoms with Crippen LogP contribution in [0.2, 0.25) is 0 Å². The predicted octanol–water partition coefficient (Wildman–Crippen LogP) is 8.69. The monoisotopic (exact) mass is 500 g/mol. The van der Waals surface area contributed by atoms with Gasteiger partial charge in [-0.1, -0.05) is 127 Å². The van der Waals surface area contributed by atoms with Gasteiger partial charge in [-0.2, -0.15) is 0 Å². The van der Waals surface area contributed by atoms with Crippen molar-refractivity contribution in [1.29, 1.82) is 0 Å². The third-order valence-electron chi connectivity index (χ3n) is 7.08. The van der Waals surface area contributed by atoms with Crippen LogP contribution in [0.1, 0.15) is 0 Å². The van der Waals surface area contributed by atoms with Gasteiger partial charge in [0.2, 0.25) is 0 Å². The minimum absolute atomic E-state index is 0.793. The molecule has 0 fully saturated rings. The number of H-pyrrole nitrogens is 1. The first-order valence-corrected chi connectivity index (χ1v) is 13.0. The maximum Gasteiger partial charge on any atom is 0.105 e. The zero-order valence-electron chi connectivity index (χ0n) is 21.1. The zero-order chi connectivity index (χ0) is 26.0. The highest BCUT2D eigenvalue weighted by atomic mass is 15.3. The second-order valence-corrected chi connectivity index (χ2v) is 9.46. The SMILES string of the molecule is c1ccc(-c2cccc(-c3nnnc(-c4ccccc4)c3-c3ccccc3)c2-c2cc3ccccc3[nH]2)cc1. The van der Waals surface area contributed by atoms with Gasteiger partial charge in [-0.25, -0.2) is 0 Å². The van der Waals surface area contributed by atoms with E-state index in [0.29, 0.717) is 0 Å². The Bertz CT molecular complexity index is 1860. The van der Waals surface area contributed by atoms with Crippen molar-refractivity contribution in [3.8, 4) is 56.0 Å². The molecule has 2 heterocycles. The summed E-state index contributed by atoms with van der Waals surface area (Å²) >= 11 is 0. The van der Waals surface area contributed by atoms with Crippen molar-refractivity contribution in [1.82, 2.24) is 20.4 Å².